The van der Waals surface area contributed by atoms with Crippen LogP contribution in [0.4, 0.5) is 17.1 Å². The summed E-state index contributed by atoms with van der Waals surface area (Å²) in [5.74, 6) is 0. The fraction of sp³-hybridized carbons (Fsp3) is 0. The van der Waals surface area contributed by atoms with Gasteiger partial charge in [0.25, 0.3) is 0 Å². The summed E-state index contributed by atoms with van der Waals surface area (Å²) >= 11 is 0. The van der Waals surface area contributed by atoms with Crippen molar-refractivity contribution in [3.63, 3.8) is 0 Å². The fourth-order valence-corrected chi connectivity index (χ4v) is 8.96. The van der Waals surface area contributed by atoms with Crippen molar-refractivity contribution in [3.05, 3.63) is 243 Å². The van der Waals surface area contributed by atoms with Gasteiger partial charge >= 0.3 is 0 Å². The largest absolute Gasteiger partial charge is 0.310 e. The molecule has 282 valence electrons. The maximum Gasteiger partial charge on any atom is 0.0541 e. The molecule has 0 spiro atoms. The zero-order valence-electron chi connectivity index (χ0n) is 33.0. The summed E-state index contributed by atoms with van der Waals surface area (Å²) in [5.41, 5.74) is 16.4. The molecule has 0 amide bonds. The van der Waals surface area contributed by atoms with Crippen LogP contribution in [-0.2, 0) is 0 Å². The van der Waals surface area contributed by atoms with E-state index in [0.717, 1.165) is 28.3 Å². The molecule has 0 aliphatic heterocycles. The lowest BCUT2D eigenvalue weighted by molar-refractivity contribution is 1.18. The molecular weight excluding hydrogens is 725 g/mol. The second-order valence-electron chi connectivity index (χ2n) is 15.3. The van der Waals surface area contributed by atoms with E-state index in [1.807, 2.05) is 0 Å². The smallest absolute Gasteiger partial charge is 0.0541 e. The second-order valence-corrected chi connectivity index (χ2v) is 15.3. The number of anilines is 3. The van der Waals surface area contributed by atoms with Gasteiger partial charge in [-0.05, 0) is 92.7 Å². The Bertz CT molecular complexity index is 3230. The van der Waals surface area contributed by atoms with Gasteiger partial charge in [-0.25, -0.2) is 0 Å². The highest BCUT2D eigenvalue weighted by atomic mass is 15.1. The molecular formula is C58H40N2. The fourth-order valence-electron chi connectivity index (χ4n) is 8.96. The van der Waals surface area contributed by atoms with Crippen molar-refractivity contribution in [2.45, 2.75) is 0 Å². The highest BCUT2D eigenvalue weighted by Crippen LogP contribution is 2.44. The summed E-state index contributed by atoms with van der Waals surface area (Å²) in [6.07, 6.45) is 0. The van der Waals surface area contributed by atoms with Crippen molar-refractivity contribution in [2.75, 3.05) is 4.90 Å². The summed E-state index contributed by atoms with van der Waals surface area (Å²) in [4.78, 5) is 2.40. The molecule has 60 heavy (non-hydrogen) atoms. The second kappa shape index (κ2) is 15.1. The van der Waals surface area contributed by atoms with Crippen molar-refractivity contribution in [1.29, 1.82) is 0 Å². The quantitative estimate of drug-likeness (QED) is 0.150. The minimum atomic E-state index is 1.08. The zero-order chi connectivity index (χ0) is 39.8. The van der Waals surface area contributed by atoms with Crippen LogP contribution in [0.1, 0.15) is 0 Å². The van der Waals surface area contributed by atoms with E-state index in [0.29, 0.717) is 0 Å². The highest BCUT2D eigenvalue weighted by Gasteiger charge is 2.20. The van der Waals surface area contributed by atoms with Crippen LogP contribution in [0.2, 0.25) is 0 Å². The standard InChI is InChI=1S/C58H40N2/c1-2-15-41(16-3-1)42-29-31-43(32-30-42)44-33-37-47(38-34-44)59(56-26-11-7-21-52(56)51-24-14-18-45-17-4-5-19-49(45)51)48-39-35-46(36-40-48)50-20-6-10-25-55(50)60-57-27-12-8-22-53(57)54-23-9-13-28-58(54)60/h1-40H. The monoisotopic (exact) mass is 764 g/mol. The van der Waals surface area contributed by atoms with Crippen LogP contribution in [0, 0.1) is 0 Å². The Morgan fingerprint density at radius 1 is 0.267 bits per heavy atom. The number of fused-ring (bicyclic) bond motifs is 4. The molecule has 0 fully saturated rings. The topological polar surface area (TPSA) is 8.17 Å². The third-order valence-corrected chi connectivity index (χ3v) is 11.8. The molecule has 0 N–H and O–H groups in total. The van der Waals surface area contributed by atoms with E-state index in [4.69, 9.17) is 0 Å². The average molecular weight is 765 g/mol. The Balaban J connectivity index is 1.03. The van der Waals surface area contributed by atoms with Crippen LogP contribution in [0.25, 0.3) is 82.8 Å². The molecule has 10 aromatic carbocycles. The van der Waals surface area contributed by atoms with Gasteiger partial charge in [-0.3, -0.25) is 0 Å². The van der Waals surface area contributed by atoms with Crippen LogP contribution in [-0.4, -0.2) is 4.57 Å². The highest BCUT2D eigenvalue weighted by molar-refractivity contribution is 6.10. The average Bonchev–Trinajstić information content (AvgIpc) is 3.67. The van der Waals surface area contributed by atoms with E-state index in [2.05, 4.69) is 252 Å². The Kier molecular flexibility index (Phi) is 8.87. The van der Waals surface area contributed by atoms with E-state index in [9.17, 15) is 0 Å². The summed E-state index contributed by atoms with van der Waals surface area (Å²) in [6, 6.07) is 87.8. The van der Waals surface area contributed by atoms with Gasteiger partial charge < -0.3 is 9.47 Å². The van der Waals surface area contributed by atoms with E-state index in [1.165, 1.54) is 71.5 Å². The third kappa shape index (κ3) is 6.23. The van der Waals surface area contributed by atoms with E-state index in [-0.39, 0.29) is 0 Å². The first-order valence-electron chi connectivity index (χ1n) is 20.6. The molecule has 0 unspecified atom stereocenters. The molecule has 0 radical (unpaired) electrons. The van der Waals surface area contributed by atoms with Gasteiger partial charge in [0, 0.05) is 33.3 Å². The Hall–Kier alpha value is -7.94. The summed E-state index contributed by atoms with van der Waals surface area (Å²) in [6.45, 7) is 0. The van der Waals surface area contributed by atoms with Gasteiger partial charge in [0.15, 0.2) is 0 Å². The van der Waals surface area contributed by atoms with Gasteiger partial charge in [-0.2, -0.15) is 0 Å². The molecule has 0 atom stereocenters. The molecule has 0 aliphatic rings. The Morgan fingerprint density at radius 2 is 0.700 bits per heavy atom. The molecule has 11 rings (SSSR count). The van der Waals surface area contributed by atoms with Gasteiger partial charge in [0.2, 0.25) is 0 Å². The first kappa shape index (κ1) is 35.2. The number of hydrogen-bond acceptors (Lipinski definition) is 1. The maximum absolute atomic E-state index is 2.41. The first-order valence-corrected chi connectivity index (χ1v) is 20.6. The molecule has 0 saturated heterocycles. The van der Waals surface area contributed by atoms with Crippen molar-refractivity contribution in [2.24, 2.45) is 0 Å². The summed E-state index contributed by atoms with van der Waals surface area (Å²) in [7, 11) is 0. The minimum absolute atomic E-state index is 1.08. The van der Waals surface area contributed by atoms with E-state index >= 15 is 0 Å². The Morgan fingerprint density at radius 3 is 1.35 bits per heavy atom. The number of para-hydroxylation sites is 4. The van der Waals surface area contributed by atoms with E-state index < -0.39 is 0 Å². The zero-order valence-corrected chi connectivity index (χ0v) is 33.0. The van der Waals surface area contributed by atoms with Gasteiger partial charge in [0.1, 0.15) is 0 Å². The summed E-state index contributed by atoms with van der Waals surface area (Å²) in [5, 5.41) is 4.98. The van der Waals surface area contributed by atoms with Crippen LogP contribution >= 0.6 is 0 Å². The lowest BCUT2D eigenvalue weighted by atomic mass is 9.95. The maximum atomic E-state index is 2.41. The number of benzene rings is 10. The first-order chi connectivity index (χ1) is 29.8. The Labute approximate surface area is 350 Å². The molecule has 0 aliphatic carbocycles. The predicted octanol–water partition coefficient (Wildman–Crippen LogP) is 16.1. The molecule has 1 aromatic heterocycles. The lowest BCUT2D eigenvalue weighted by Crippen LogP contribution is -2.11. The molecule has 2 nitrogen and oxygen atoms in total. The minimum Gasteiger partial charge on any atom is -0.310 e. The number of nitrogens with zero attached hydrogens (tertiary/aromatic N) is 2. The van der Waals surface area contributed by atoms with Gasteiger partial charge in [-0.15, -0.1) is 0 Å². The number of hydrogen-bond donors (Lipinski definition) is 0. The predicted molar refractivity (Wildman–Crippen MR) is 255 cm³/mol. The van der Waals surface area contributed by atoms with Crippen LogP contribution in [0.5, 0.6) is 0 Å². The number of rotatable bonds is 8. The van der Waals surface area contributed by atoms with Crippen LogP contribution < -0.4 is 4.90 Å². The number of aromatic nitrogens is 1. The van der Waals surface area contributed by atoms with Crippen LogP contribution in [0.15, 0.2) is 243 Å². The van der Waals surface area contributed by atoms with Crippen molar-refractivity contribution >= 4 is 49.6 Å². The lowest BCUT2D eigenvalue weighted by Gasteiger charge is -2.28. The SMILES string of the molecule is c1ccc(-c2ccc(-c3ccc(N(c4ccc(-c5ccccc5-n5c6ccccc6c6ccccc65)cc4)c4ccccc4-c4cccc5ccccc45)cc3)cc2)cc1. The van der Waals surface area contributed by atoms with Gasteiger partial charge in [-0.1, -0.05) is 194 Å². The molecule has 2 heteroatoms. The van der Waals surface area contributed by atoms with Crippen molar-refractivity contribution < 1.29 is 0 Å². The summed E-state index contributed by atoms with van der Waals surface area (Å²) < 4.78 is 2.41. The van der Waals surface area contributed by atoms with Crippen molar-refractivity contribution in [3.8, 4) is 50.2 Å². The normalized spacial score (nSPS) is 11.3. The molecule has 1 heterocycles. The van der Waals surface area contributed by atoms with Gasteiger partial charge in [0.05, 0.1) is 22.4 Å². The molecule has 0 bridgehead atoms. The third-order valence-electron chi connectivity index (χ3n) is 11.8. The molecule has 0 saturated carbocycles. The molecule has 11 aromatic rings. The van der Waals surface area contributed by atoms with E-state index in [1.54, 1.807) is 0 Å². The van der Waals surface area contributed by atoms with Crippen LogP contribution in [0.3, 0.4) is 0 Å². The van der Waals surface area contributed by atoms with Crippen molar-refractivity contribution in [1.82, 2.24) is 4.57 Å².